The molecule has 104 valence electrons. The molecule has 1 aliphatic carbocycles. The molecule has 4 heteroatoms. The standard InChI is InChI=1S/C14H26N2O2/c1-3-14(18)12-6-13(15-7-11-4-5-11)9-16(8-12)10(2)17/h11-15,18H,3-9H2,1-2H3. The Morgan fingerprint density at radius 1 is 1.44 bits per heavy atom. The van der Waals surface area contributed by atoms with Crippen LogP contribution in [0.4, 0.5) is 0 Å². The molecular formula is C14H26N2O2. The fraction of sp³-hybridized carbons (Fsp3) is 0.929. The zero-order valence-corrected chi connectivity index (χ0v) is 11.6. The van der Waals surface area contributed by atoms with Gasteiger partial charge < -0.3 is 15.3 Å². The van der Waals surface area contributed by atoms with Gasteiger partial charge in [-0.05, 0) is 38.1 Å². The van der Waals surface area contributed by atoms with Crippen molar-refractivity contribution in [1.82, 2.24) is 10.2 Å². The highest BCUT2D eigenvalue weighted by Crippen LogP contribution is 2.28. The average molecular weight is 254 g/mol. The molecular weight excluding hydrogens is 228 g/mol. The maximum absolute atomic E-state index is 11.6. The van der Waals surface area contributed by atoms with Crippen LogP contribution in [0, 0.1) is 11.8 Å². The van der Waals surface area contributed by atoms with Gasteiger partial charge in [0.05, 0.1) is 6.10 Å². The number of likely N-dealkylation sites (tertiary alicyclic amines) is 1. The van der Waals surface area contributed by atoms with E-state index in [1.807, 2.05) is 11.8 Å². The number of nitrogens with one attached hydrogen (secondary N) is 1. The van der Waals surface area contributed by atoms with Gasteiger partial charge in [-0.3, -0.25) is 4.79 Å². The Morgan fingerprint density at radius 3 is 2.72 bits per heavy atom. The van der Waals surface area contributed by atoms with Gasteiger partial charge >= 0.3 is 0 Å². The fourth-order valence-corrected chi connectivity index (χ4v) is 2.81. The average Bonchev–Trinajstić information content (AvgIpc) is 3.19. The molecule has 3 atom stereocenters. The van der Waals surface area contributed by atoms with Crippen LogP contribution in [0.5, 0.6) is 0 Å². The van der Waals surface area contributed by atoms with Crippen LogP contribution in [0.3, 0.4) is 0 Å². The van der Waals surface area contributed by atoms with Gasteiger partial charge in [0.15, 0.2) is 0 Å². The van der Waals surface area contributed by atoms with Gasteiger partial charge in [0.25, 0.3) is 0 Å². The normalized spacial score (nSPS) is 30.3. The lowest BCUT2D eigenvalue weighted by atomic mass is 9.88. The van der Waals surface area contributed by atoms with Gasteiger partial charge in [0.1, 0.15) is 0 Å². The third kappa shape index (κ3) is 3.69. The van der Waals surface area contributed by atoms with Crippen molar-refractivity contribution in [3.63, 3.8) is 0 Å². The van der Waals surface area contributed by atoms with E-state index in [4.69, 9.17) is 0 Å². The summed E-state index contributed by atoms with van der Waals surface area (Å²) >= 11 is 0. The molecule has 1 saturated carbocycles. The van der Waals surface area contributed by atoms with Gasteiger partial charge in [0.2, 0.25) is 5.91 Å². The summed E-state index contributed by atoms with van der Waals surface area (Å²) in [6.07, 6.45) is 4.17. The second-order valence-corrected chi connectivity index (χ2v) is 5.94. The summed E-state index contributed by atoms with van der Waals surface area (Å²) in [5.41, 5.74) is 0. The van der Waals surface area contributed by atoms with E-state index in [9.17, 15) is 9.90 Å². The molecule has 3 unspecified atom stereocenters. The number of aliphatic hydroxyl groups excluding tert-OH is 1. The summed E-state index contributed by atoms with van der Waals surface area (Å²) in [7, 11) is 0. The third-order valence-electron chi connectivity index (χ3n) is 4.28. The molecule has 1 amide bonds. The Balaban J connectivity index is 1.89. The smallest absolute Gasteiger partial charge is 0.219 e. The quantitative estimate of drug-likeness (QED) is 0.769. The van der Waals surface area contributed by atoms with Crippen LogP contribution in [0.1, 0.15) is 39.5 Å². The monoisotopic (exact) mass is 254 g/mol. The molecule has 18 heavy (non-hydrogen) atoms. The fourth-order valence-electron chi connectivity index (χ4n) is 2.81. The highest BCUT2D eigenvalue weighted by atomic mass is 16.3. The molecule has 0 aromatic heterocycles. The predicted molar refractivity (Wildman–Crippen MR) is 71.2 cm³/mol. The molecule has 2 rings (SSSR count). The molecule has 0 bridgehead atoms. The highest BCUT2D eigenvalue weighted by molar-refractivity contribution is 5.73. The Bertz CT molecular complexity index is 292. The van der Waals surface area contributed by atoms with Gasteiger partial charge in [0, 0.05) is 32.0 Å². The van der Waals surface area contributed by atoms with Crippen molar-refractivity contribution in [2.45, 2.75) is 51.7 Å². The molecule has 1 aliphatic heterocycles. The minimum Gasteiger partial charge on any atom is -0.393 e. The first-order valence-corrected chi connectivity index (χ1v) is 7.27. The Hall–Kier alpha value is -0.610. The van der Waals surface area contributed by atoms with Crippen molar-refractivity contribution in [3.8, 4) is 0 Å². The number of aliphatic hydroxyl groups is 1. The van der Waals surface area contributed by atoms with Crippen LogP contribution in [0.25, 0.3) is 0 Å². The van der Waals surface area contributed by atoms with Crippen LogP contribution in [-0.2, 0) is 4.79 Å². The van der Waals surface area contributed by atoms with E-state index in [1.165, 1.54) is 12.8 Å². The lowest BCUT2D eigenvalue weighted by Crippen LogP contribution is -2.53. The topological polar surface area (TPSA) is 52.6 Å². The molecule has 2 N–H and O–H groups in total. The van der Waals surface area contributed by atoms with E-state index in [0.29, 0.717) is 12.6 Å². The van der Waals surface area contributed by atoms with Crippen LogP contribution in [0.15, 0.2) is 0 Å². The first-order valence-electron chi connectivity index (χ1n) is 7.27. The first-order chi connectivity index (χ1) is 8.60. The molecule has 1 saturated heterocycles. The summed E-state index contributed by atoms with van der Waals surface area (Å²) in [5, 5.41) is 13.6. The van der Waals surface area contributed by atoms with E-state index in [0.717, 1.165) is 31.8 Å². The zero-order valence-electron chi connectivity index (χ0n) is 11.6. The predicted octanol–water partition coefficient (Wildman–Crippen LogP) is 0.994. The number of rotatable bonds is 5. The minimum atomic E-state index is -0.280. The molecule has 2 fully saturated rings. The molecule has 2 aliphatic rings. The van der Waals surface area contributed by atoms with Crippen molar-refractivity contribution in [2.75, 3.05) is 19.6 Å². The summed E-state index contributed by atoms with van der Waals surface area (Å²) in [5.74, 6) is 1.21. The molecule has 0 spiro atoms. The van der Waals surface area contributed by atoms with Gasteiger partial charge in [-0.15, -0.1) is 0 Å². The van der Waals surface area contributed by atoms with E-state index in [-0.39, 0.29) is 17.9 Å². The van der Waals surface area contributed by atoms with E-state index in [2.05, 4.69) is 5.32 Å². The first kappa shape index (κ1) is 13.8. The molecule has 4 nitrogen and oxygen atoms in total. The van der Waals surface area contributed by atoms with E-state index in [1.54, 1.807) is 6.92 Å². The largest absolute Gasteiger partial charge is 0.393 e. The van der Waals surface area contributed by atoms with Crippen molar-refractivity contribution in [1.29, 1.82) is 0 Å². The lowest BCUT2D eigenvalue weighted by molar-refractivity contribution is -0.132. The molecule has 0 aromatic carbocycles. The Morgan fingerprint density at radius 2 is 2.17 bits per heavy atom. The lowest BCUT2D eigenvalue weighted by Gasteiger charge is -2.39. The highest BCUT2D eigenvalue weighted by Gasteiger charge is 2.32. The van der Waals surface area contributed by atoms with Crippen LogP contribution in [0.2, 0.25) is 0 Å². The van der Waals surface area contributed by atoms with Crippen LogP contribution >= 0.6 is 0 Å². The summed E-state index contributed by atoms with van der Waals surface area (Å²) in [4.78, 5) is 13.5. The van der Waals surface area contributed by atoms with Crippen molar-refractivity contribution < 1.29 is 9.90 Å². The maximum Gasteiger partial charge on any atom is 0.219 e. The summed E-state index contributed by atoms with van der Waals surface area (Å²) in [6.45, 7) is 6.22. The Kier molecular flexibility index (Phi) is 4.62. The van der Waals surface area contributed by atoms with Gasteiger partial charge in [-0.2, -0.15) is 0 Å². The number of amides is 1. The summed E-state index contributed by atoms with van der Waals surface area (Å²) < 4.78 is 0. The summed E-state index contributed by atoms with van der Waals surface area (Å²) in [6, 6.07) is 0.356. The number of hydrogen-bond acceptors (Lipinski definition) is 3. The van der Waals surface area contributed by atoms with E-state index < -0.39 is 0 Å². The minimum absolute atomic E-state index is 0.126. The number of nitrogens with zero attached hydrogens (tertiary/aromatic N) is 1. The molecule has 0 radical (unpaired) electrons. The van der Waals surface area contributed by atoms with Crippen molar-refractivity contribution in [2.24, 2.45) is 11.8 Å². The number of hydrogen-bond donors (Lipinski definition) is 2. The third-order valence-corrected chi connectivity index (χ3v) is 4.28. The number of piperidine rings is 1. The number of carbonyl (C=O) groups excluding carboxylic acids is 1. The van der Waals surface area contributed by atoms with Crippen LogP contribution < -0.4 is 5.32 Å². The second-order valence-electron chi connectivity index (χ2n) is 5.94. The SMILES string of the molecule is CCC(O)C1CC(NCC2CC2)CN(C(C)=O)C1. The maximum atomic E-state index is 11.6. The Labute approximate surface area is 110 Å². The van der Waals surface area contributed by atoms with Crippen molar-refractivity contribution >= 4 is 5.91 Å². The second kappa shape index (κ2) is 6.02. The zero-order chi connectivity index (χ0) is 13.1. The van der Waals surface area contributed by atoms with Crippen molar-refractivity contribution in [3.05, 3.63) is 0 Å². The number of carbonyl (C=O) groups is 1. The molecule has 0 aromatic rings. The molecule has 1 heterocycles. The van der Waals surface area contributed by atoms with Crippen LogP contribution in [-0.4, -0.2) is 47.7 Å². The van der Waals surface area contributed by atoms with Gasteiger partial charge in [-0.1, -0.05) is 6.92 Å². The van der Waals surface area contributed by atoms with E-state index >= 15 is 0 Å². The van der Waals surface area contributed by atoms with Gasteiger partial charge in [-0.25, -0.2) is 0 Å².